The maximum Gasteiger partial charge on any atom is 0.419 e. The molecule has 0 bridgehead atoms. The van der Waals surface area contributed by atoms with Crippen LogP contribution in [0.2, 0.25) is 0 Å². The van der Waals surface area contributed by atoms with Crippen LogP contribution in [-0.2, 0) is 6.18 Å². The molecule has 0 aromatic heterocycles. The Bertz CT molecular complexity index is 424. The van der Waals surface area contributed by atoms with Crippen molar-refractivity contribution in [2.45, 2.75) is 13.1 Å². The van der Waals surface area contributed by atoms with Gasteiger partial charge in [-0.25, -0.2) is 4.39 Å². The number of Topliss-reactive ketones (excluding diaryl/α,β-unsaturated/α-hetero) is 1. The first-order valence-electron chi connectivity index (χ1n) is 4.23. The molecule has 16 heavy (non-hydrogen) atoms. The first kappa shape index (κ1) is 12.5. The number of methoxy groups -OCH3 is 1. The molecule has 0 saturated carbocycles. The van der Waals surface area contributed by atoms with Crippen LogP contribution in [0.3, 0.4) is 0 Å². The van der Waals surface area contributed by atoms with E-state index < -0.39 is 28.9 Å². The van der Waals surface area contributed by atoms with Crippen molar-refractivity contribution in [2.24, 2.45) is 0 Å². The molecule has 0 aliphatic heterocycles. The lowest BCUT2D eigenvalue weighted by Crippen LogP contribution is -2.12. The minimum atomic E-state index is -4.86. The highest BCUT2D eigenvalue weighted by atomic mass is 19.4. The Balaban J connectivity index is 3.50. The van der Waals surface area contributed by atoms with Gasteiger partial charge in [-0.05, 0) is 19.1 Å². The van der Waals surface area contributed by atoms with E-state index in [0.717, 1.165) is 20.1 Å². The fraction of sp³-hybridized carbons (Fsp3) is 0.300. The Hall–Kier alpha value is -1.59. The maximum absolute atomic E-state index is 13.3. The number of hydrogen-bond acceptors (Lipinski definition) is 2. The van der Waals surface area contributed by atoms with E-state index in [1.807, 2.05) is 0 Å². The Morgan fingerprint density at radius 2 is 1.88 bits per heavy atom. The number of ketones is 1. The van der Waals surface area contributed by atoms with Gasteiger partial charge in [-0.1, -0.05) is 0 Å². The number of carbonyl (C=O) groups excluding carboxylic acids is 1. The predicted octanol–water partition coefficient (Wildman–Crippen LogP) is 3.06. The molecule has 0 atom stereocenters. The van der Waals surface area contributed by atoms with E-state index in [9.17, 15) is 22.4 Å². The monoisotopic (exact) mass is 236 g/mol. The first-order chi connectivity index (χ1) is 7.27. The van der Waals surface area contributed by atoms with E-state index in [-0.39, 0.29) is 5.75 Å². The lowest BCUT2D eigenvalue weighted by atomic mass is 10.1. The summed E-state index contributed by atoms with van der Waals surface area (Å²) in [6.45, 7) is 0.984. The number of hydrogen-bond donors (Lipinski definition) is 0. The van der Waals surface area contributed by atoms with Gasteiger partial charge < -0.3 is 4.74 Å². The summed E-state index contributed by atoms with van der Waals surface area (Å²) in [6, 6.07) is 1.45. The van der Waals surface area contributed by atoms with Gasteiger partial charge in [0.2, 0.25) is 0 Å². The van der Waals surface area contributed by atoms with Crippen molar-refractivity contribution in [3.8, 4) is 5.75 Å². The van der Waals surface area contributed by atoms with Gasteiger partial charge in [0.15, 0.2) is 5.78 Å². The predicted molar refractivity (Wildman–Crippen MR) is 48.0 cm³/mol. The molecule has 0 N–H and O–H groups in total. The molecule has 0 saturated heterocycles. The lowest BCUT2D eigenvalue weighted by Gasteiger charge is -2.12. The van der Waals surface area contributed by atoms with E-state index in [0.29, 0.717) is 6.07 Å². The summed E-state index contributed by atoms with van der Waals surface area (Å²) in [5, 5.41) is 0. The molecule has 88 valence electrons. The molecule has 0 unspecified atom stereocenters. The normalized spacial score (nSPS) is 11.4. The van der Waals surface area contributed by atoms with Crippen LogP contribution in [0.4, 0.5) is 17.6 Å². The van der Waals surface area contributed by atoms with Crippen LogP contribution in [0, 0.1) is 5.82 Å². The van der Waals surface area contributed by atoms with Crippen molar-refractivity contribution >= 4 is 5.78 Å². The van der Waals surface area contributed by atoms with Crippen molar-refractivity contribution in [3.05, 3.63) is 29.1 Å². The molecule has 0 aliphatic rings. The summed E-state index contributed by atoms with van der Waals surface area (Å²) in [5.41, 5.74) is -2.14. The summed E-state index contributed by atoms with van der Waals surface area (Å²) in [6.07, 6.45) is -4.86. The van der Waals surface area contributed by atoms with Gasteiger partial charge in [-0.2, -0.15) is 13.2 Å². The molecule has 1 rings (SSSR count). The summed E-state index contributed by atoms with van der Waals surface area (Å²) >= 11 is 0. The number of alkyl halides is 3. The standard InChI is InChI=1S/C10H8F4O2/c1-5(15)7-3-6(16-2)4-8(9(7)11)10(12,13)14/h3-4H,1-2H3. The summed E-state index contributed by atoms with van der Waals surface area (Å²) in [4.78, 5) is 11.0. The first-order valence-corrected chi connectivity index (χ1v) is 4.23. The molecule has 6 heteroatoms. The van der Waals surface area contributed by atoms with Crippen LogP contribution in [0.25, 0.3) is 0 Å². The van der Waals surface area contributed by atoms with Gasteiger partial charge in [0, 0.05) is 0 Å². The lowest BCUT2D eigenvalue weighted by molar-refractivity contribution is -0.140. The van der Waals surface area contributed by atoms with Gasteiger partial charge in [-0.15, -0.1) is 0 Å². The zero-order valence-corrected chi connectivity index (χ0v) is 8.48. The van der Waals surface area contributed by atoms with Gasteiger partial charge in [-0.3, -0.25) is 4.79 Å². The molecular weight excluding hydrogens is 228 g/mol. The summed E-state index contributed by atoms with van der Waals surface area (Å²) < 4.78 is 55.1. The molecule has 1 aromatic carbocycles. The Morgan fingerprint density at radius 3 is 2.25 bits per heavy atom. The fourth-order valence-corrected chi connectivity index (χ4v) is 1.18. The second kappa shape index (κ2) is 4.11. The molecule has 0 heterocycles. The molecule has 0 spiro atoms. The smallest absolute Gasteiger partial charge is 0.419 e. The van der Waals surface area contributed by atoms with Crippen LogP contribution in [0.1, 0.15) is 22.8 Å². The molecule has 0 aliphatic carbocycles. The topological polar surface area (TPSA) is 26.3 Å². The fourth-order valence-electron chi connectivity index (χ4n) is 1.18. The SMILES string of the molecule is COc1cc(C(C)=O)c(F)c(C(F)(F)F)c1. The highest BCUT2D eigenvalue weighted by Crippen LogP contribution is 2.35. The molecular formula is C10H8F4O2. The molecule has 0 amide bonds. The van der Waals surface area contributed by atoms with Crippen LogP contribution in [-0.4, -0.2) is 12.9 Å². The summed E-state index contributed by atoms with van der Waals surface area (Å²) in [7, 11) is 1.14. The molecule has 1 aromatic rings. The number of benzene rings is 1. The third-order valence-corrected chi connectivity index (χ3v) is 1.97. The van der Waals surface area contributed by atoms with Gasteiger partial charge in [0.1, 0.15) is 11.6 Å². The zero-order valence-electron chi connectivity index (χ0n) is 8.48. The minimum Gasteiger partial charge on any atom is -0.497 e. The van der Waals surface area contributed by atoms with Gasteiger partial charge >= 0.3 is 6.18 Å². The Morgan fingerprint density at radius 1 is 1.31 bits per heavy atom. The number of carbonyl (C=O) groups is 1. The number of ether oxygens (including phenoxy) is 1. The quantitative estimate of drug-likeness (QED) is 0.582. The van der Waals surface area contributed by atoms with Crippen molar-refractivity contribution in [2.75, 3.05) is 7.11 Å². The third kappa shape index (κ3) is 2.32. The van der Waals surface area contributed by atoms with Crippen LogP contribution >= 0.6 is 0 Å². The van der Waals surface area contributed by atoms with E-state index in [1.165, 1.54) is 0 Å². The van der Waals surface area contributed by atoms with Crippen molar-refractivity contribution in [1.29, 1.82) is 0 Å². The van der Waals surface area contributed by atoms with Gasteiger partial charge in [0.05, 0.1) is 18.2 Å². The number of rotatable bonds is 2. The van der Waals surface area contributed by atoms with E-state index >= 15 is 0 Å². The van der Waals surface area contributed by atoms with E-state index in [2.05, 4.69) is 4.74 Å². The van der Waals surface area contributed by atoms with Crippen LogP contribution in [0.15, 0.2) is 12.1 Å². The number of halogens is 4. The third-order valence-electron chi connectivity index (χ3n) is 1.97. The molecule has 2 nitrogen and oxygen atoms in total. The molecule has 0 radical (unpaired) electrons. The maximum atomic E-state index is 13.3. The largest absolute Gasteiger partial charge is 0.497 e. The molecule has 0 fully saturated rings. The zero-order chi connectivity index (χ0) is 12.5. The second-order valence-corrected chi connectivity index (χ2v) is 3.09. The van der Waals surface area contributed by atoms with Crippen molar-refractivity contribution < 1.29 is 27.1 Å². The summed E-state index contributed by atoms with van der Waals surface area (Å²) in [5.74, 6) is -2.57. The van der Waals surface area contributed by atoms with E-state index in [4.69, 9.17) is 0 Å². The van der Waals surface area contributed by atoms with Crippen LogP contribution in [0.5, 0.6) is 5.75 Å². The van der Waals surface area contributed by atoms with Gasteiger partial charge in [0.25, 0.3) is 0 Å². The van der Waals surface area contributed by atoms with Crippen LogP contribution < -0.4 is 4.74 Å². The average molecular weight is 236 g/mol. The van der Waals surface area contributed by atoms with E-state index in [1.54, 1.807) is 0 Å². The highest BCUT2D eigenvalue weighted by Gasteiger charge is 2.36. The highest BCUT2D eigenvalue weighted by molar-refractivity contribution is 5.95. The van der Waals surface area contributed by atoms with Crippen molar-refractivity contribution in [1.82, 2.24) is 0 Å². The Labute approximate surface area is 88.8 Å². The second-order valence-electron chi connectivity index (χ2n) is 3.09. The minimum absolute atomic E-state index is 0.209. The average Bonchev–Trinajstić information content (AvgIpc) is 2.15. The Kier molecular flexibility index (Phi) is 3.21. The van der Waals surface area contributed by atoms with Crippen molar-refractivity contribution in [3.63, 3.8) is 0 Å².